The van der Waals surface area contributed by atoms with Crippen LogP contribution in [-0.2, 0) is 18.0 Å². The Labute approximate surface area is 124 Å². The highest BCUT2D eigenvalue weighted by Crippen LogP contribution is 2.69. The number of hydrogen-bond donors (Lipinski definition) is 1. The fourth-order valence-electron chi connectivity index (χ4n) is 2.35. The van der Waals surface area contributed by atoms with Crippen molar-refractivity contribution in [3.05, 3.63) is 29.2 Å². The second-order valence-electron chi connectivity index (χ2n) is 5.24. The molecular weight excluding hydrogens is 292 g/mol. The molecule has 0 bridgehead atoms. The largest absolute Gasteiger partial charge is 0.441 e. The number of benzene rings is 1. The third-order valence-corrected chi connectivity index (χ3v) is 5.71. The number of hydrogen-bond acceptors (Lipinski definition) is 6. The van der Waals surface area contributed by atoms with E-state index < -0.39 is 22.5 Å². The van der Waals surface area contributed by atoms with Crippen molar-refractivity contribution >= 4 is 33.8 Å². The summed E-state index contributed by atoms with van der Waals surface area (Å²) >= 11 is 0. The molecule has 2 N–H and O–H groups in total. The SMILES string of the molecule is CN(C)CCC1=CS2(OC(=O)C(=O)O2)c2ccc(N)cc21. The lowest BCUT2D eigenvalue weighted by Gasteiger charge is -2.29. The predicted molar refractivity (Wildman–Crippen MR) is 80.0 cm³/mol. The average Bonchev–Trinajstić information content (AvgIpc) is 2.85. The minimum atomic E-state index is -2.43. The molecule has 1 saturated heterocycles. The Morgan fingerprint density at radius 1 is 1.19 bits per heavy atom. The van der Waals surface area contributed by atoms with E-state index in [-0.39, 0.29) is 0 Å². The molecule has 21 heavy (non-hydrogen) atoms. The number of nitrogens with zero attached hydrogens (tertiary/aromatic N) is 1. The van der Waals surface area contributed by atoms with Crippen molar-refractivity contribution < 1.29 is 18.0 Å². The van der Waals surface area contributed by atoms with E-state index in [1.54, 1.807) is 17.5 Å². The lowest BCUT2D eigenvalue weighted by atomic mass is 10.0. The molecule has 0 aromatic heterocycles. The van der Waals surface area contributed by atoms with Crippen LogP contribution in [0.1, 0.15) is 12.0 Å². The second-order valence-corrected chi connectivity index (χ2v) is 7.34. The van der Waals surface area contributed by atoms with Crippen molar-refractivity contribution in [2.24, 2.45) is 0 Å². The molecule has 0 unspecified atom stereocenters. The van der Waals surface area contributed by atoms with Crippen molar-refractivity contribution in [1.82, 2.24) is 4.90 Å². The van der Waals surface area contributed by atoms with E-state index in [4.69, 9.17) is 14.1 Å². The van der Waals surface area contributed by atoms with E-state index >= 15 is 0 Å². The maximum atomic E-state index is 11.4. The van der Waals surface area contributed by atoms with Gasteiger partial charge >= 0.3 is 11.9 Å². The maximum absolute atomic E-state index is 11.4. The normalized spacial score (nSPS) is 20.2. The van der Waals surface area contributed by atoms with Gasteiger partial charge in [-0.2, -0.15) is 0 Å². The van der Waals surface area contributed by atoms with Gasteiger partial charge in [0.15, 0.2) is 0 Å². The standard InChI is InChI=1S/C14H16N2O4S/c1-16(2)6-5-9-8-21(19-13(17)14(18)20-21)12-4-3-10(15)7-11(9)12/h3-4,7-8H,5-6,15H2,1-2H3. The Bertz CT molecular complexity index is 653. The molecule has 0 aliphatic carbocycles. The number of nitrogens with two attached hydrogens (primary N) is 1. The molecule has 1 aromatic carbocycles. The van der Waals surface area contributed by atoms with Crippen LogP contribution < -0.4 is 5.73 Å². The van der Waals surface area contributed by atoms with Crippen LogP contribution in [0.3, 0.4) is 0 Å². The molecule has 112 valence electrons. The summed E-state index contributed by atoms with van der Waals surface area (Å²) in [6.45, 7) is 0.831. The molecular formula is C14H16N2O4S. The zero-order valence-electron chi connectivity index (χ0n) is 11.8. The topological polar surface area (TPSA) is 81.9 Å². The third kappa shape index (κ3) is 2.28. The quantitative estimate of drug-likeness (QED) is 0.675. The molecule has 7 heteroatoms. The second kappa shape index (κ2) is 4.78. The lowest BCUT2D eigenvalue weighted by Crippen LogP contribution is -2.13. The van der Waals surface area contributed by atoms with Crippen molar-refractivity contribution in [1.29, 1.82) is 0 Å². The summed E-state index contributed by atoms with van der Waals surface area (Å²) < 4.78 is 10.5. The van der Waals surface area contributed by atoms with Gasteiger partial charge in [-0.25, -0.2) is 9.59 Å². The summed E-state index contributed by atoms with van der Waals surface area (Å²) in [6.07, 6.45) is 0.757. The molecule has 0 atom stereocenters. The Kier molecular flexibility index (Phi) is 3.18. The highest BCUT2D eigenvalue weighted by Gasteiger charge is 2.46. The fraction of sp³-hybridized carbons (Fsp3) is 0.286. The van der Waals surface area contributed by atoms with Gasteiger partial charge in [-0.05, 0) is 44.3 Å². The molecule has 6 nitrogen and oxygen atoms in total. The number of nitrogen functional groups attached to an aromatic ring is 1. The Hall–Kier alpha value is -1.99. The van der Waals surface area contributed by atoms with Gasteiger partial charge in [0, 0.05) is 17.8 Å². The summed E-state index contributed by atoms with van der Waals surface area (Å²) in [4.78, 5) is 25.7. The van der Waals surface area contributed by atoms with Gasteiger partial charge in [0.2, 0.25) is 0 Å². The van der Waals surface area contributed by atoms with Crippen molar-refractivity contribution in [3.63, 3.8) is 0 Å². The van der Waals surface area contributed by atoms with Gasteiger partial charge in [0.1, 0.15) is 0 Å². The van der Waals surface area contributed by atoms with Crippen LogP contribution in [0.5, 0.6) is 0 Å². The molecule has 0 radical (unpaired) electrons. The van der Waals surface area contributed by atoms with E-state index in [9.17, 15) is 9.59 Å². The van der Waals surface area contributed by atoms with Gasteiger partial charge in [-0.1, -0.05) is 10.6 Å². The molecule has 2 aliphatic heterocycles. The summed E-state index contributed by atoms with van der Waals surface area (Å²) in [5.41, 5.74) is 8.36. The van der Waals surface area contributed by atoms with E-state index in [2.05, 4.69) is 4.90 Å². The molecule has 0 saturated carbocycles. The van der Waals surface area contributed by atoms with Gasteiger partial charge in [0.05, 0.1) is 10.3 Å². The van der Waals surface area contributed by atoms with Crippen LogP contribution in [-0.4, -0.2) is 37.5 Å². The van der Waals surface area contributed by atoms with Crippen LogP contribution in [0, 0.1) is 0 Å². The number of anilines is 1. The summed E-state index contributed by atoms with van der Waals surface area (Å²) in [5.74, 6) is -1.87. The Morgan fingerprint density at radius 2 is 1.86 bits per heavy atom. The highest BCUT2D eigenvalue weighted by molar-refractivity contribution is 8.29. The fourth-order valence-corrected chi connectivity index (χ4v) is 4.74. The van der Waals surface area contributed by atoms with Crippen LogP contribution >= 0.6 is 10.6 Å². The molecule has 1 fully saturated rings. The lowest BCUT2D eigenvalue weighted by molar-refractivity contribution is -0.150. The number of rotatable bonds is 3. The molecule has 0 amide bonds. The van der Waals surface area contributed by atoms with E-state index in [1.807, 2.05) is 20.2 Å². The molecule has 1 aromatic rings. The number of fused-ring (bicyclic) bond motifs is 2. The monoisotopic (exact) mass is 308 g/mol. The first-order valence-corrected chi connectivity index (χ1v) is 8.02. The summed E-state index contributed by atoms with van der Waals surface area (Å²) in [6, 6.07) is 5.32. The van der Waals surface area contributed by atoms with Gasteiger partial charge < -0.3 is 19.0 Å². The molecule has 2 aliphatic rings. The Balaban J connectivity index is 2.04. The molecule has 3 rings (SSSR count). The van der Waals surface area contributed by atoms with Gasteiger partial charge in [-0.15, -0.1) is 0 Å². The Morgan fingerprint density at radius 3 is 2.48 bits per heavy atom. The van der Waals surface area contributed by atoms with Crippen LogP contribution in [0.4, 0.5) is 5.69 Å². The zero-order valence-corrected chi connectivity index (χ0v) is 12.6. The number of carbonyl (C=O) groups excluding carboxylic acids is 2. The third-order valence-electron chi connectivity index (χ3n) is 3.35. The van der Waals surface area contributed by atoms with E-state index in [0.717, 1.165) is 29.0 Å². The summed E-state index contributed by atoms with van der Waals surface area (Å²) in [5, 5.41) is 1.78. The first-order valence-electron chi connectivity index (χ1n) is 6.47. The van der Waals surface area contributed by atoms with E-state index in [1.165, 1.54) is 0 Å². The minimum Gasteiger partial charge on any atom is -0.399 e. The first kappa shape index (κ1) is 14.0. The highest BCUT2D eigenvalue weighted by atomic mass is 32.3. The number of carbonyl (C=O) groups is 2. The smallest absolute Gasteiger partial charge is 0.399 e. The van der Waals surface area contributed by atoms with Crippen molar-refractivity contribution in [2.45, 2.75) is 11.3 Å². The predicted octanol–water partition coefficient (Wildman–Crippen LogP) is 1.67. The van der Waals surface area contributed by atoms with Crippen LogP contribution in [0.15, 0.2) is 28.5 Å². The first-order chi connectivity index (χ1) is 9.91. The van der Waals surface area contributed by atoms with Crippen LogP contribution in [0.2, 0.25) is 0 Å². The summed E-state index contributed by atoms with van der Waals surface area (Å²) in [7, 11) is 1.53. The molecule has 2 heterocycles. The molecule has 1 spiro atoms. The van der Waals surface area contributed by atoms with Gasteiger partial charge in [0.25, 0.3) is 0 Å². The van der Waals surface area contributed by atoms with Crippen LogP contribution in [0.25, 0.3) is 5.57 Å². The van der Waals surface area contributed by atoms with E-state index in [0.29, 0.717) is 5.69 Å². The minimum absolute atomic E-state index is 0.622. The maximum Gasteiger partial charge on any atom is 0.441 e. The zero-order chi connectivity index (χ0) is 15.2. The van der Waals surface area contributed by atoms with Crippen molar-refractivity contribution in [2.75, 3.05) is 26.4 Å². The average molecular weight is 308 g/mol. The van der Waals surface area contributed by atoms with Gasteiger partial charge in [-0.3, -0.25) is 0 Å². The van der Waals surface area contributed by atoms with Crippen molar-refractivity contribution in [3.8, 4) is 0 Å².